The number of benzene rings is 3. The van der Waals surface area contributed by atoms with Gasteiger partial charge < -0.3 is 10.2 Å². The third kappa shape index (κ3) is 3.54. The molecule has 0 radical (unpaired) electrons. The van der Waals surface area contributed by atoms with Gasteiger partial charge in [-0.3, -0.25) is 4.55 Å². The molecule has 0 fully saturated rings. The molecule has 152 valence electrons. The van der Waals surface area contributed by atoms with E-state index in [0.717, 1.165) is 6.07 Å². The minimum absolute atomic E-state index is 0.0137. The molecule has 3 aromatic rings. The summed E-state index contributed by atoms with van der Waals surface area (Å²) >= 11 is 24.3. The first-order chi connectivity index (χ1) is 13.5. The number of aromatic hydroxyl groups is 2. The van der Waals surface area contributed by atoms with Crippen molar-refractivity contribution in [2.45, 2.75) is 4.75 Å². The fourth-order valence-corrected chi connectivity index (χ4v) is 5.34. The number of rotatable bonds is 4. The molecule has 0 aromatic heterocycles. The first kappa shape index (κ1) is 22.0. The molecule has 3 aromatic carbocycles. The third-order valence-corrected chi connectivity index (χ3v) is 7.21. The maximum absolute atomic E-state index is 13.0. The molecular weight excluding hydrogens is 482 g/mol. The molecule has 3 rings (SSSR count). The van der Waals surface area contributed by atoms with E-state index in [-0.39, 0.29) is 31.2 Å². The maximum atomic E-state index is 13.0. The van der Waals surface area contributed by atoms with Crippen LogP contribution in [0.15, 0.2) is 54.6 Å². The quantitative estimate of drug-likeness (QED) is 0.239. The van der Waals surface area contributed by atoms with Crippen molar-refractivity contribution in [2.75, 3.05) is 0 Å². The summed E-state index contributed by atoms with van der Waals surface area (Å²) < 4.78 is 33.9. The van der Waals surface area contributed by atoms with Gasteiger partial charge in [0.05, 0.1) is 5.02 Å². The van der Waals surface area contributed by atoms with Gasteiger partial charge in [0, 0.05) is 21.2 Å². The molecular formula is C19H12Cl4O5S. The zero-order valence-corrected chi connectivity index (χ0v) is 18.1. The number of phenols is 2. The van der Waals surface area contributed by atoms with Crippen molar-refractivity contribution >= 4 is 56.5 Å². The van der Waals surface area contributed by atoms with E-state index >= 15 is 0 Å². The summed E-state index contributed by atoms with van der Waals surface area (Å²) in [7, 11) is -5.11. The Kier molecular flexibility index (Phi) is 5.98. The fourth-order valence-electron chi connectivity index (χ4n) is 3.19. The van der Waals surface area contributed by atoms with Crippen molar-refractivity contribution < 1.29 is 23.2 Å². The molecule has 0 saturated carbocycles. The first-order valence-corrected chi connectivity index (χ1v) is 10.9. The van der Waals surface area contributed by atoms with Crippen LogP contribution in [0.2, 0.25) is 20.1 Å². The lowest BCUT2D eigenvalue weighted by molar-refractivity contribution is 0.394. The van der Waals surface area contributed by atoms with Crippen LogP contribution in [0.5, 0.6) is 11.5 Å². The summed E-state index contributed by atoms with van der Waals surface area (Å²) in [6.07, 6.45) is 0. The Balaban J connectivity index is 2.65. The molecule has 0 bridgehead atoms. The molecule has 3 N–H and O–H groups in total. The Morgan fingerprint density at radius 2 is 1.38 bits per heavy atom. The number of hydrogen-bond acceptors (Lipinski definition) is 4. The lowest BCUT2D eigenvalue weighted by Gasteiger charge is -2.34. The summed E-state index contributed by atoms with van der Waals surface area (Å²) in [4.78, 5) is 0. The van der Waals surface area contributed by atoms with Crippen molar-refractivity contribution in [3.05, 3.63) is 91.4 Å². The van der Waals surface area contributed by atoms with Crippen LogP contribution < -0.4 is 0 Å². The van der Waals surface area contributed by atoms with E-state index in [1.54, 1.807) is 6.07 Å². The standard InChI is InChI=1S/C19H12Cl4O5S/c20-11-6-7-14(21)12(8-11)19(29(26,27)28,10-4-2-1-3-5-10)13-9-15(22)16(23)18(25)17(13)24/h1-9,24-25H,(H,26,27,28). The SMILES string of the molecule is O=S(=O)(O)C(c1ccccc1)(c1cc(Cl)ccc1Cl)c1cc(Cl)c(Cl)c(O)c1O. The van der Waals surface area contributed by atoms with Crippen molar-refractivity contribution in [3.8, 4) is 11.5 Å². The van der Waals surface area contributed by atoms with Gasteiger partial charge >= 0.3 is 0 Å². The van der Waals surface area contributed by atoms with Gasteiger partial charge in [0.25, 0.3) is 10.1 Å². The van der Waals surface area contributed by atoms with Crippen LogP contribution in [0.1, 0.15) is 16.7 Å². The van der Waals surface area contributed by atoms with Gasteiger partial charge in [-0.1, -0.05) is 76.7 Å². The summed E-state index contributed by atoms with van der Waals surface area (Å²) in [5.41, 5.74) is -0.601. The van der Waals surface area contributed by atoms with Gasteiger partial charge in [0.2, 0.25) is 0 Å². The Morgan fingerprint density at radius 3 is 1.97 bits per heavy atom. The van der Waals surface area contributed by atoms with Crippen LogP contribution in [0.4, 0.5) is 0 Å². The number of phenolic OH excluding ortho intramolecular Hbond substituents is 2. The average Bonchev–Trinajstić information content (AvgIpc) is 2.67. The lowest BCUT2D eigenvalue weighted by atomic mass is 9.83. The van der Waals surface area contributed by atoms with Gasteiger partial charge in [-0.25, -0.2) is 0 Å². The molecule has 0 amide bonds. The monoisotopic (exact) mass is 492 g/mol. The number of hydrogen-bond donors (Lipinski definition) is 3. The minimum Gasteiger partial charge on any atom is -0.504 e. The average molecular weight is 494 g/mol. The zero-order chi connectivity index (χ0) is 21.6. The Bertz CT molecular complexity index is 1200. The number of halogens is 4. The van der Waals surface area contributed by atoms with E-state index in [2.05, 4.69) is 0 Å². The van der Waals surface area contributed by atoms with E-state index in [1.807, 2.05) is 0 Å². The molecule has 1 atom stereocenters. The zero-order valence-electron chi connectivity index (χ0n) is 14.3. The molecule has 0 spiro atoms. The van der Waals surface area contributed by atoms with Crippen molar-refractivity contribution in [2.24, 2.45) is 0 Å². The topological polar surface area (TPSA) is 94.8 Å². The highest BCUT2D eigenvalue weighted by Gasteiger charge is 2.52. The third-order valence-electron chi connectivity index (χ3n) is 4.42. The van der Waals surface area contributed by atoms with Crippen LogP contribution in [-0.4, -0.2) is 23.2 Å². The Labute approximate surface area is 186 Å². The maximum Gasteiger partial charge on any atom is 0.283 e. The molecule has 29 heavy (non-hydrogen) atoms. The minimum atomic E-state index is -5.11. The highest BCUT2D eigenvalue weighted by Crippen LogP contribution is 2.53. The summed E-state index contributed by atoms with van der Waals surface area (Å²) in [6.45, 7) is 0. The highest BCUT2D eigenvalue weighted by atomic mass is 35.5. The normalized spacial score (nSPS) is 13.8. The van der Waals surface area contributed by atoms with Gasteiger partial charge in [-0.05, 0) is 29.8 Å². The van der Waals surface area contributed by atoms with Gasteiger partial charge in [0.1, 0.15) is 5.02 Å². The summed E-state index contributed by atoms with van der Waals surface area (Å²) in [6, 6.07) is 12.6. The second kappa shape index (κ2) is 7.87. The summed E-state index contributed by atoms with van der Waals surface area (Å²) in [5.74, 6) is -1.74. The molecule has 0 heterocycles. The fraction of sp³-hybridized carbons (Fsp3) is 0.0526. The summed E-state index contributed by atoms with van der Waals surface area (Å²) in [5, 5.41) is 20.3. The lowest BCUT2D eigenvalue weighted by Crippen LogP contribution is -2.38. The highest BCUT2D eigenvalue weighted by molar-refractivity contribution is 7.87. The Morgan fingerprint density at radius 1 is 0.759 bits per heavy atom. The van der Waals surface area contributed by atoms with E-state index in [0.29, 0.717) is 0 Å². The molecule has 10 heteroatoms. The van der Waals surface area contributed by atoms with Crippen LogP contribution >= 0.6 is 46.4 Å². The van der Waals surface area contributed by atoms with E-state index in [1.165, 1.54) is 42.5 Å². The van der Waals surface area contributed by atoms with Crippen LogP contribution in [0.3, 0.4) is 0 Å². The van der Waals surface area contributed by atoms with Gasteiger partial charge in [-0.2, -0.15) is 8.42 Å². The van der Waals surface area contributed by atoms with Crippen molar-refractivity contribution in [1.29, 1.82) is 0 Å². The smallest absolute Gasteiger partial charge is 0.283 e. The molecule has 0 saturated heterocycles. The van der Waals surface area contributed by atoms with Crippen LogP contribution in [0, 0.1) is 0 Å². The predicted molar refractivity (Wildman–Crippen MR) is 114 cm³/mol. The molecule has 1 unspecified atom stereocenters. The molecule has 0 aliphatic carbocycles. The van der Waals surface area contributed by atoms with E-state index < -0.39 is 31.9 Å². The predicted octanol–water partition coefficient (Wildman–Crippen LogP) is 5.89. The van der Waals surface area contributed by atoms with Gasteiger partial charge in [0.15, 0.2) is 16.2 Å². The van der Waals surface area contributed by atoms with E-state index in [9.17, 15) is 23.2 Å². The van der Waals surface area contributed by atoms with Crippen molar-refractivity contribution in [3.63, 3.8) is 0 Å². The molecule has 0 aliphatic heterocycles. The largest absolute Gasteiger partial charge is 0.504 e. The molecule has 0 aliphatic rings. The Hall–Kier alpha value is -1.67. The first-order valence-electron chi connectivity index (χ1n) is 7.90. The second-order valence-corrected chi connectivity index (χ2v) is 9.25. The van der Waals surface area contributed by atoms with Crippen molar-refractivity contribution in [1.82, 2.24) is 0 Å². The van der Waals surface area contributed by atoms with Crippen LogP contribution in [0.25, 0.3) is 0 Å². The molecule has 5 nitrogen and oxygen atoms in total. The van der Waals surface area contributed by atoms with Crippen LogP contribution in [-0.2, 0) is 14.9 Å². The van der Waals surface area contributed by atoms with Gasteiger partial charge in [-0.15, -0.1) is 0 Å². The second-order valence-electron chi connectivity index (χ2n) is 6.06. The van der Waals surface area contributed by atoms with E-state index in [4.69, 9.17) is 46.4 Å².